The van der Waals surface area contributed by atoms with Crippen molar-refractivity contribution in [2.24, 2.45) is 0 Å². The molecule has 1 N–H and O–H groups in total. The zero-order valence-electron chi connectivity index (χ0n) is 12.1. The smallest absolute Gasteiger partial charge is 0.138 e. The first-order valence-corrected chi connectivity index (χ1v) is 6.84. The Morgan fingerprint density at radius 1 is 1.32 bits per heavy atom. The highest BCUT2D eigenvalue weighted by molar-refractivity contribution is 5.78. The number of nitriles is 1. The Morgan fingerprint density at radius 3 is 3.00 bits per heavy atom. The van der Waals surface area contributed by atoms with Crippen molar-refractivity contribution < 1.29 is 5.11 Å². The van der Waals surface area contributed by atoms with Crippen LogP contribution >= 0.6 is 0 Å². The molecule has 0 radical (unpaired) electrons. The Bertz CT molecular complexity index is 903. The maximum atomic E-state index is 9.93. The minimum absolute atomic E-state index is 0.174. The van der Waals surface area contributed by atoms with Crippen LogP contribution in [0.2, 0.25) is 0 Å². The van der Waals surface area contributed by atoms with Crippen LogP contribution in [0.15, 0.2) is 42.7 Å². The van der Waals surface area contributed by atoms with E-state index in [9.17, 15) is 5.11 Å². The zero-order valence-corrected chi connectivity index (χ0v) is 12.1. The lowest BCUT2D eigenvalue weighted by molar-refractivity contribution is 0.461. The van der Waals surface area contributed by atoms with E-state index in [-0.39, 0.29) is 5.75 Å². The molecule has 2 aromatic heterocycles. The van der Waals surface area contributed by atoms with Crippen LogP contribution in [0.4, 0.5) is 0 Å². The summed E-state index contributed by atoms with van der Waals surface area (Å²) in [6, 6.07) is 11.2. The van der Waals surface area contributed by atoms with Gasteiger partial charge in [-0.3, -0.25) is 4.98 Å². The third-order valence-electron chi connectivity index (χ3n) is 3.40. The van der Waals surface area contributed by atoms with Gasteiger partial charge in [0.1, 0.15) is 11.4 Å². The molecule has 22 heavy (non-hydrogen) atoms. The Morgan fingerprint density at radius 2 is 2.18 bits per heavy atom. The number of hydrogen-bond acceptors (Lipinski definition) is 4. The normalized spacial score (nSPS) is 11.1. The Hall–Kier alpha value is -3.13. The zero-order chi connectivity index (χ0) is 15.5. The van der Waals surface area contributed by atoms with Gasteiger partial charge in [-0.05, 0) is 42.8 Å². The van der Waals surface area contributed by atoms with Gasteiger partial charge in [-0.25, -0.2) is 4.98 Å². The average molecular weight is 290 g/mol. The molecule has 0 amide bonds. The van der Waals surface area contributed by atoms with Gasteiger partial charge in [0.15, 0.2) is 0 Å². The fourth-order valence-electron chi connectivity index (χ4n) is 2.32. The lowest BCUT2D eigenvalue weighted by atomic mass is 10.2. The van der Waals surface area contributed by atoms with Crippen molar-refractivity contribution in [3.05, 3.63) is 59.7 Å². The number of rotatable bonds is 3. The summed E-state index contributed by atoms with van der Waals surface area (Å²) in [6.45, 7) is 2.33. The summed E-state index contributed by atoms with van der Waals surface area (Å²) in [5, 5.41) is 18.5. The first-order valence-electron chi connectivity index (χ1n) is 6.84. The molecular formula is C17H14N4O. The van der Waals surface area contributed by atoms with Crippen LogP contribution in [-0.2, 0) is 6.54 Å². The maximum Gasteiger partial charge on any atom is 0.138 e. The number of nitrogens with zero attached hydrogens (tertiary/aromatic N) is 4. The van der Waals surface area contributed by atoms with Gasteiger partial charge in [0.25, 0.3) is 0 Å². The van der Waals surface area contributed by atoms with Crippen LogP contribution in [0.25, 0.3) is 17.1 Å². The molecule has 0 aliphatic heterocycles. The van der Waals surface area contributed by atoms with E-state index in [1.807, 2.05) is 35.8 Å². The molecule has 1 aromatic carbocycles. The number of fused-ring (bicyclic) bond motifs is 1. The Balaban J connectivity index is 2.02. The van der Waals surface area contributed by atoms with E-state index in [0.29, 0.717) is 12.2 Å². The van der Waals surface area contributed by atoms with E-state index in [0.717, 1.165) is 22.3 Å². The fourth-order valence-corrected chi connectivity index (χ4v) is 2.32. The molecule has 2 heterocycles. The largest absolute Gasteiger partial charge is 0.506 e. The number of hydrogen-bond donors (Lipinski definition) is 1. The Labute approximate surface area is 127 Å². The highest BCUT2D eigenvalue weighted by Gasteiger charge is 2.08. The summed E-state index contributed by atoms with van der Waals surface area (Å²) in [6.07, 6.45) is 4.92. The molecule has 3 aromatic rings. The van der Waals surface area contributed by atoms with Gasteiger partial charge in [0.05, 0.1) is 30.0 Å². The molecule has 0 fully saturated rings. The highest BCUT2D eigenvalue weighted by Crippen LogP contribution is 2.20. The molecule has 0 saturated heterocycles. The van der Waals surface area contributed by atoms with E-state index in [1.165, 1.54) is 6.08 Å². The SMILES string of the molecule is Cc1ccc(O)c(Cn2cnc3ccc(C=CC#N)cc32)n1. The topological polar surface area (TPSA) is 74.7 Å². The molecule has 5 nitrogen and oxygen atoms in total. The summed E-state index contributed by atoms with van der Waals surface area (Å²) in [5.41, 5.74) is 4.19. The predicted molar refractivity (Wildman–Crippen MR) is 84.1 cm³/mol. The van der Waals surface area contributed by atoms with Gasteiger partial charge < -0.3 is 9.67 Å². The number of aromatic hydroxyl groups is 1. The van der Waals surface area contributed by atoms with Crippen LogP contribution in [-0.4, -0.2) is 19.6 Å². The highest BCUT2D eigenvalue weighted by atomic mass is 16.3. The van der Waals surface area contributed by atoms with Crippen LogP contribution < -0.4 is 0 Å². The van der Waals surface area contributed by atoms with Crippen molar-refractivity contribution in [3.8, 4) is 11.8 Å². The molecule has 0 unspecified atom stereocenters. The standard InChI is InChI=1S/C17H14N4O/c1-12-4-7-17(22)15(20-12)10-21-11-19-14-6-5-13(3-2-8-18)9-16(14)21/h2-7,9,11,22H,10H2,1H3. The summed E-state index contributed by atoms with van der Waals surface area (Å²) < 4.78 is 1.93. The number of imidazole rings is 1. The molecule has 3 rings (SSSR count). The second-order valence-corrected chi connectivity index (χ2v) is 5.00. The minimum atomic E-state index is 0.174. The maximum absolute atomic E-state index is 9.93. The lowest BCUT2D eigenvalue weighted by Crippen LogP contribution is -2.02. The molecule has 0 aliphatic carbocycles. The van der Waals surface area contributed by atoms with E-state index in [4.69, 9.17) is 5.26 Å². The molecule has 0 bridgehead atoms. The van der Waals surface area contributed by atoms with Crippen molar-refractivity contribution in [2.45, 2.75) is 13.5 Å². The van der Waals surface area contributed by atoms with Crippen molar-refractivity contribution in [3.63, 3.8) is 0 Å². The van der Waals surface area contributed by atoms with Crippen molar-refractivity contribution >= 4 is 17.1 Å². The van der Waals surface area contributed by atoms with Crippen LogP contribution in [0.1, 0.15) is 17.0 Å². The first kappa shape index (κ1) is 13.8. The minimum Gasteiger partial charge on any atom is -0.506 e. The number of benzene rings is 1. The molecule has 5 heteroatoms. The van der Waals surface area contributed by atoms with E-state index >= 15 is 0 Å². The third-order valence-corrected chi connectivity index (χ3v) is 3.40. The van der Waals surface area contributed by atoms with Crippen molar-refractivity contribution in [1.82, 2.24) is 14.5 Å². The van der Waals surface area contributed by atoms with Crippen molar-refractivity contribution in [2.75, 3.05) is 0 Å². The van der Waals surface area contributed by atoms with E-state index < -0.39 is 0 Å². The lowest BCUT2D eigenvalue weighted by Gasteiger charge is -2.07. The molecule has 0 atom stereocenters. The van der Waals surface area contributed by atoms with Gasteiger partial charge in [-0.15, -0.1) is 0 Å². The van der Waals surface area contributed by atoms with Crippen LogP contribution in [0, 0.1) is 18.3 Å². The second kappa shape index (κ2) is 5.70. The predicted octanol–water partition coefficient (Wildman–Crippen LogP) is 3.03. The first-order chi connectivity index (χ1) is 10.7. The van der Waals surface area contributed by atoms with Crippen LogP contribution in [0.5, 0.6) is 5.75 Å². The summed E-state index contributed by atoms with van der Waals surface area (Å²) in [7, 11) is 0. The number of aryl methyl sites for hydroxylation is 1. The number of allylic oxidation sites excluding steroid dienone is 1. The van der Waals surface area contributed by atoms with E-state index in [2.05, 4.69) is 9.97 Å². The quantitative estimate of drug-likeness (QED) is 0.752. The molecular weight excluding hydrogens is 276 g/mol. The molecule has 0 saturated carbocycles. The average Bonchev–Trinajstić information content (AvgIpc) is 2.91. The Kier molecular flexibility index (Phi) is 3.58. The number of pyridine rings is 1. The summed E-state index contributed by atoms with van der Waals surface area (Å²) in [5.74, 6) is 0.174. The monoisotopic (exact) mass is 290 g/mol. The van der Waals surface area contributed by atoms with E-state index in [1.54, 1.807) is 24.5 Å². The van der Waals surface area contributed by atoms with Crippen molar-refractivity contribution in [1.29, 1.82) is 5.26 Å². The van der Waals surface area contributed by atoms with Gasteiger partial charge in [0.2, 0.25) is 0 Å². The summed E-state index contributed by atoms with van der Waals surface area (Å²) in [4.78, 5) is 8.72. The third kappa shape index (κ3) is 2.67. The number of aromatic nitrogens is 3. The second-order valence-electron chi connectivity index (χ2n) is 5.00. The molecule has 0 aliphatic rings. The fraction of sp³-hybridized carbons (Fsp3) is 0.118. The van der Waals surface area contributed by atoms with Gasteiger partial charge in [-0.2, -0.15) is 5.26 Å². The van der Waals surface area contributed by atoms with Gasteiger partial charge in [0, 0.05) is 11.8 Å². The summed E-state index contributed by atoms with van der Waals surface area (Å²) >= 11 is 0. The van der Waals surface area contributed by atoms with Crippen LogP contribution in [0.3, 0.4) is 0 Å². The molecule has 0 spiro atoms. The molecule has 108 valence electrons. The van der Waals surface area contributed by atoms with Gasteiger partial charge in [-0.1, -0.05) is 6.07 Å². The van der Waals surface area contributed by atoms with Gasteiger partial charge >= 0.3 is 0 Å².